The lowest BCUT2D eigenvalue weighted by Crippen LogP contribution is -2.05. The Bertz CT molecular complexity index is 299. The van der Waals surface area contributed by atoms with Crippen LogP contribution in [0.2, 0.25) is 0 Å². The minimum absolute atomic E-state index is 0.284. The third-order valence-electron chi connectivity index (χ3n) is 1.99. The highest BCUT2D eigenvalue weighted by Crippen LogP contribution is 2.25. The number of rotatable bonds is 3. The van der Waals surface area contributed by atoms with Crippen LogP contribution in [0.5, 0.6) is 5.75 Å². The monoisotopic (exact) mass is 183 g/mol. The van der Waals surface area contributed by atoms with E-state index in [0.717, 1.165) is 5.56 Å². The molecule has 0 saturated heterocycles. The molecule has 0 aliphatic heterocycles. The van der Waals surface area contributed by atoms with Crippen LogP contribution in [-0.2, 0) is 6.42 Å². The summed E-state index contributed by atoms with van der Waals surface area (Å²) in [7, 11) is 1.47. The largest absolute Gasteiger partial charge is 0.493 e. The molecule has 1 rings (SSSR count). The van der Waals surface area contributed by atoms with Gasteiger partial charge in [-0.3, -0.25) is 0 Å². The van der Waals surface area contributed by atoms with Gasteiger partial charge in [-0.05, 0) is 31.0 Å². The standard InChI is InChI=1S/C10H14FNO/c1-7-3-4-8(5-6-12)10(13-2)9(7)11/h3-4H,5-6,12H2,1-2H3. The van der Waals surface area contributed by atoms with Crippen molar-refractivity contribution >= 4 is 0 Å². The van der Waals surface area contributed by atoms with Crippen molar-refractivity contribution in [2.75, 3.05) is 13.7 Å². The lowest BCUT2D eigenvalue weighted by molar-refractivity contribution is 0.380. The van der Waals surface area contributed by atoms with E-state index in [1.807, 2.05) is 6.07 Å². The van der Waals surface area contributed by atoms with Crippen LogP contribution in [0.15, 0.2) is 12.1 Å². The van der Waals surface area contributed by atoms with E-state index in [1.165, 1.54) is 7.11 Å². The summed E-state index contributed by atoms with van der Waals surface area (Å²) in [6, 6.07) is 3.59. The van der Waals surface area contributed by atoms with Crippen LogP contribution in [0.25, 0.3) is 0 Å². The van der Waals surface area contributed by atoms with E-state index < -0.39 is 0 Å². The molecule has 0 bridgehead atoms. The molecule has 2 N–H and O–H groups in total. The van der Waals surface area contributed by atoms with Gasteiger partial charge in [0, 0.05) is 0 Å². The van der Waals surface area contributed by atoms with E-state index in [1.54, 1.807) is 13.0 Å². The van der Waals surface area contributed by atoms with Crippen LogP contribution in [0.3, 0.4) is 0 Å². The van der Waals surface area contributed by atoms with Crippen LogP contribution in [-0.4, -0.2) is 13.7 Å². The van der Waals surface area contributed by atoms with E-state index in [9.17, 15) is 4.39 Å². The number of halogens is 1. The van der Waals surface area contributed by atoms with Crippen molar-refractivity contribution in [2.45, 2.75) is 13.3 Å². The molecule has 0 aromatic heterocycles. The summed E-state index contributed by atoms with van der Waals surface area (Å²) < 4.78 is 18.4. The van der Waals surface area contributed by atoms with Crippen LogP contribution in [0.1, 0.15) is 11.1 Å². The summed E-state index contributed by atoms with van der Waals surface area (Å²) in [6.07, 6.45) is 0.639. The molecule has 0 radical (unpaired) electrons. The molecule has 1 aromatic carbocycles. The molecule has 0 heterocycles. The average molecular weight is 183 g/mol. The van der Waals surface area contributed by atoms with Gasteiger partial charge in [0.05, 0.1) is 7.11 Å². The third kappa shape index (κ3) is 1.98. The van der Waals surface area contributed by atoms with Crippen molar-refractivity contribution < 1.29 is 9.13 Å². The molecule has 0 fully saturated rings. The topological polar surface area (TPSA) is 35.2 Å². The highest BCUT2D eigenvalue weighted by atomic mass is 19.1. The van der Waals surface area contributed by atoms with Gasteiger partial charge in [-0.2, -0.15) is 0 Å². The van der Waals surface area contributed by atoms with Gasteiger partial charge >= 0.3 is 0 Å². The Balaban J connectivity index is 3.13. The first-order valence-corrected chi connectivity index (χ1v) is 4.22. The molecule has 72 valence electrons. The van der Waals surface area contributed by atoms with Crippen LogP contribution < -0.4 is 10.5 Å². The number of benzene rings is 1. The Labute approximate surface area is 77.5 Å². The molecule has 0 aliphatic rings. The summed E-state index contributed by atoms with van der Waals surface area (Å²) in [4.78, 5) is 0. The van der Waals surface area contributed by atoms with E-state index in [0.29, 0.717) is 24.3 Å². The molecule has 2 nitrogen and oxygen atoms in total. The van der Waals surface area contributed by atoms with Crippen molar-refractivity contribution in [3.63, 3.8) is 0 Å². The van der Waals surface area contributed by atoms with Gasteiger partial charge in [-0.1, -0.05) is 12.1 Å². The van der Waals surface area contributed by atoms with Crippen molar-refractivity contribution in [2.24, 2.45) is 5.73 Å². The number of methoxy groups -OCH3 is 1. The average Bonchev–Trinajstić information content (AvgIpc) is 2.12. The van der Waals surface area contributed by atoms with Gasteiger partial charge in [-0.25, -0.2) is 4.39 Å². The van der Waals surface area contributed by atoms with Gasteiger partial charge < -0.3 is 10.5 Å². The Hall–Kier alpha value is -1.09. The van der Waals surface area contributed by atoms with E-state index in [2.05, 4.69) is 0 Å². The van der Waals surface area contributed by atoms with Crippen molar-refractivity contribution in [3.05, 3.63) is 29.1 Å². The van der Waals surface area contributed by atoms with Gasteiger partial charge in [0.2, 0.25) is 0 Å². The van der Waals surface area contributed by atoms with Gasteiger partial charge in [0.25, 0.3) is 0 Å². The summed E-state index contributed by atoms with van der Waals surface area (Å²) in [5.74, 6) is 0.0406. The van der Waals surface area contributed by atoms with E-state index in [-0.39, 0.29) is 5.82 Å². The molecule has 0 atom stereocenters. The zero-order valence-electron chi connectivity index (χ0n) is 7.93. The number of nitrogens with two attached hydrogens (primary N) is 1. The Morgan fingerprint density at radius 2 is 2.15 bits per heavy atom. The third-order valence-corrected chi connectivity index (χ3v) is 1.99. The molecule has 0 aliphatic carbocycles. The van der Waals surface area contributed by atoms with Gasteiger partial charge in [-0.15, -0.1) is 0 Å². The Morgan fingerprint density at radius 3 is 2.69 bits per heavy atom. The Kier molecular flexibility index (Phi) is 3.25. The molecule has 0 unspecified atom stereocenters. The fourth-order valence-electron chi connectivity index (χ4n) is 1.27. The lowest BCUT2D eigenvalue weighted by atomic mass is 10.1. The summed E-state index contributed by atoms with van der Waals surface area (Å²) in [5.41, 5.74) is 6.82. The maximum absolute atomic E-state index is 13.4. The van der Waals surface area contributed by atoms with Crippen LogP contribution in [0, 0.1) is 12.7 Å². The maximum atomic E-state index is 13.4. The second-order valence-electron chi connectivity index (χ2n) is 2.93. The molecule has 13 heavy (non-hydrogen) atoms. The number of aryl methyl sites for hydroxylation is 1. The molecular formula is C10H14FNO. The van der Waals surface area contributed by atoms with Crippen LogP contribution in [0.4, 0.5) is 4.39 Å². The second kappa shape index (κ2) is 4.23. The summed E-state index contributed by atoms with van der Waals surface area (Å²) >= 11 is 0. The van der Waals surface area contributed by atoms with Crippen molar-refractivity contribution in [1.29, 1.82) is 0 Å². The first-order chi connectivity index (χ1) is 6.20. The van der Waals surface area contributed by atoms with E-state index >= 15 is 0 Å². The highest BCUT2D eigenvalue weighted by molar-refractivity contribution is 5.39. The van der Waals surface area contributed by atoms with Gasteiger partial charge in [0.1, 0.15) is 0 Å². The summed E-state index contributed by atoms with van der Waals surface area (Å²) in [6.45, 7) is 2.21. The number of ether oxygens (including phenoxy) is 1. The quantitative estimate of drug-likeness (QED) is 0.773. The highest BCUT2D eigenvalue weighted by Gasteiger charge is 2.10. The molecule has 1 aromatic rings. The first kappa shape index (κ1) is 9.99. The normalized spacial score (nSPS) is 10.2. The second-order valence-corrected chi connectivity index (χ2v) is 2.93. The first-order valence-electron chi connectivity index (χ1n) is 4.22. The minimum atomic E-state index is -0.284. The zero-order chi connectivity index (χ0) is 9.84. The molecule has 0 spiro atoms. The predicted molar refractivity (Wildman–Crippen MR) is 50.4 cm³/mol. The fraction of sp³-hybridized carbons (Fsp3) is 0.400. The predicted octanol–water partition coefficient (Wildman–Crippen LogP) is 1.64. The van der Waals surface area contributed by atoms with E-state index in [4.69, 9.17) is 10.5 Å². The minimum Gasteiger partial charge on any atom is -0.493 e. The maximum Gasteiger partial charge on any atom is 0.168 e. The smallest absolute Gasteiger partial charge is 0.168 e. The molecule has 3 heteroatoms. The SMILES string of the molecule is COc1c(CCN)ccc(C)c1F. The summed E-state index contributed by atoms with van der Waals surface area (Å²) in [5, 5.41) is 0. The fourth-order valence-corrected chi connectivity index (χ4v) is 1.27. The number of hydrogen-bond acceptors (Lipinski definition) is 2. The van der Waals surface area contributed by atoms with Crippen molar-refractivity contribution in [3.8, 4) is 5.75 Å². The van der Waals surface area contributed by atoms with Crippen molar-refractivity contribution in [1.82, 2.24) is 0 Å². The molecule has 0 amide bonds. The molecule has 0 saturated carbocycles. The zero-order valence-corrected chi connectivity index (χ0v) is 7.93. The number of hydrogen-bond donors (Lipinski definition) is 1. The molecular weight excluding hydrogens is 169 g/mol. The van der Waals surface area contributed by atoms with Gasteiger partial charge in [0.15, 0.2) is 11.6 Å². The van der Waals surface area contributed by atoms with Crippen LogP contribution >= 0.6 is 0 Å². The Morgan fingerprint density at radius 1 is 1.46 bits per heavy atom. The lowest BCUT2D eigenvalue weighted by Gasteiger charge is -2.09.